The van der Waals surface area contributed by atoms with Gasteiger partial charge in [-0.15, -0.1) is 0 Å². The number of nitrogens with zero attached hydrogens (tertiary/aromatic N) is 3. The minimum absolute atomic E-state index is 0.136. The molecule has 0 saturated heterocycles. The molecule has 0 aliphatic carbocycles. The highest BCUT2D eigenvalue weighted by Gasteiger charge is 2.35. The van der Waals surface area contributed by atoms with Crippen molar-refractivity contribution in [2.24, 2.45) is 0 Å². The molecular formula is C28H34N4O5. The number of nitrogens with one attached hydrogen (secondary N) is 1. The number of ether oxygens (including phenoxy) is 3. The predicted molar refractivity (Wildman–Crippen MR) is 140 cm³/mol. The molecular weight excluding hydrogens is 472 g/mol. The molecule has 9 nitrogen and oxygen atoms in total. The Kier molecular flexibility index (Phi) is 9.05. The molecule has 0 radical (unpaired) electrons. The van der Waals surface area contributed by atoms with Crippen molar-refractivity contribution >= 4 is 11.8 Å². The average Bonchev–Trinajstić information content (AvgIpc) is 2.89. The Morgan fingerprint density at radius 1 is 0.973 bits per heavy atom. The van der Waals surface area contributed by atoms with Crippen LogP contribution in [0.4, 0.5) is 0 Å². The lowest BCUT2D eigenvalue weighted by molar-refractivity contribution is -0.127. The highest BCUT2D eigenvalue weighted by atomic mass is 16.5. The first-order valence-corrected chi connectivity index (χ1v) is 11.9. The predicted octanol–water partition coefficient (Wildman–Crippen LogP) is 3.84. The molecule has 1 heterocycles. The molecule has 3 rings (SSSR count). The van der Waals surface area contributed by atoms with E-state index in [9.17, 15) is 9.59 Å². The highest BCUT2D eigenvalue weighted by Crippen LogP contribution is 2.41. The number of rotatable bonds is 10. The van der Waals surface area contributed by atoms with Gasteiger partial charge in [0.2, 0.25) is 11.7 Å². The molecule has 0 saturated carbocycles. The summed E-state index contributed by atoms with van der Waals surface area (Å²) in [5.41, 5.74) is 1.12. The molecule has 0 aliphatic heterocycles. The minimum Gasteiger partial charge on any atom is -0.493 e. The normalized spacial score (nSPS) is 11.8. The van der Waals surface area contributed by atoms with Crippen LogP contribution < -0.4 is 19.5 Å². The second kappa shape index (κ2) is 12.2. The third kappa shape index (κ3) is 6.97. The van der Waals surface area contributed by atoms with Crippen molar-refractivity contribution in [3.63, 3.8) is 0 Å². The van der Waals surface area contributed by atoms with Gasteiger partial charge in [-0.05, 0) is 50.5 Å². The Balaban J connectivity index is 2.17. The van der Waals surface area contributed by atoms with Gasteiger partial charge in [0.1, 0.15) is 11.7 Å². The maximum Gasteiger partial charge on any atom is 0.275 e. The van der Waals surface area contributed by atoms with Crippen molar-refractivity contribution in [2.75, 3.05) is 27.9 Å². The van der Waals surface area contributed by atoms with Crippen LogP contribution in [0, 0.1) is 0 Å². The van der Waals surface area contributed by atoms with Crippen molar-refractivity contribution < 1.29 is 23.8 Å². The Labute approximate surface area is 217 Å². The van der Waals surface area contributed by atoms with Gasteiger partial charge >= 0.3 is 0 Å². The van der Waals surface area contributed by atoms with Crippen LogP contribution in [-0.2, 0) is 11.2 Å². The summed E-state index contributed by atoms with van der Waals surface area (Å²) in [6.07, 6.45) is 4.86. The molecule has 196 valence electrons. The second-order valence-electron chi connectivity index (χ2n) is 9.43. The van der Waals surface area contributed by atoms with Gasteiger partial charge in [0.25, 0.3) is 5.91 Å². The fourth-order valence-corrected chi connectivity index (χ4v) is 3.97. The minimum atomic E-state index is -1.02. The van der Waals surface area contributed by atoms with E-state index in [2.05, 4.69) is 15.3 Å². The maximum atomic E-state index is 13.8. The monoisotopic (exact) mass is 506 g/mol. The van der Waals surface area contributed by atoms with Gasteiger partial charge in [-0.25, -0.2) is 4.98 Å². The summed E-state index contributed by atoms with van der Waals surface area (Å²) in [6.45, 7) is 5.90. The Bertz CT molecular complexity index is 1170. The Hall–Kier alpha value is -4.14. The van der Waals surface area contributed by atoms with Crippen LogP contribution >= 0.6 is 0 Å². The summed E-state index contributed by atoms with van der Waals surface area (Å²) in [5, 5.41) is 3.02. The Morgan fingerprint density at radius 2 is 1.62 bits per heavy atom. The lowest BCUT2D eigenvalue weighted by Crippen LogP contribution is -2.50. The van der Waals surface area contributed by atoms with Crippen molar-refractivity contribution in [3.8, 4) is 17.2 Å². The molecule has 2 aromatic carbocycles. The van der Waals surface area contributed by atoms with Gasteiger partial charge in [-0.3, -0.25) is 14.6 Å². The lowest BCUT2D eigenvalue weighted by Gasteiger charge is -2.34. The first-order chi connectivity index (χ1) is 17.7. The molecule has 0 aliphatic rings. The summed E-state index contributed by atoms with van der Waals surface area (Å²) in [7, 11) is 4.51. The van der Waals surface area contributed by atoms with Crippen LogP contribution in [0.3, 0.4) is 0 Å². The average molecular weight is 507 g/mol. The summed E-state index contributed by atoms with van der Waals surface area (Å²) in [6, 6.07) is 12.1. The van der Waals surface area contributed by atoms with Gasteiger partial charge in [-0.2, -0.15) is 0 Å². The van der Waals surface area contributed by atoms with Crippen LogP contribution in [0.15, 0.2) is 61.1 Å². The van der Waals surface area contributed by atoms with Gasteiger partial charge in [0.05, 0.1) is 27.5 Å². The van der Waals surface area contributed by atoms with E-state index in [1.54, 1.807) is 12.1 Å². The largest absolute Gasteiger partial charge is 0.493 e. The fraction of sp³-hybridized carbons (Fsp3) is 0.357. The number of methoxy groups -OCH3 is 3. The standard InChI is InChI=1S/C28H34N4O5/c1-28(2,3)31-26(33)24(20-16-22(35-4)25(37-6)23(17-20)36-5)32(15-12-19-10-8-7-9-11-19)27(34)21-18-29-13-14-30-21/h7-11,13-14,16-18,24H,12,15H2,1-6H3,(H,31,33)/t24-/m0/s1. The maximum absolute atomic E-state index is 13.8. The number of hydrogen-bond donors (Lipinski definition) is 1. The third-order valence-corrected chi connectivity index (χ3v) is 5.59. The van der Waals surface area contributed by atoms with Crippen LogP contribution in [0.25, 0.3) is 0 Å². The zero-order valence-electron chi connectivity index (χ0n) is 22.1. The zero-order chi connectivity index (χ0) is 27.0. The van der Waals surface area contributed by atoms with E-state index in [0.29, 0.717) is 29.2 Å². The summed E-state index contributed by atoms with van der Waals surface area (Å²) in [5.74, 6) is 0.361. The first-order valence-electron chi connectivity index (χ1n) is 11.9. The lowest BCUT2D eigenvalue weighted by atomic mass is 9.99. The van der Waals surface area contributed by atoms with Crippen molar-refractivity contribution in [2.45, 2.75) is 38.8 Å². The van der Waals surface area contributed by atoms with E-state index in [4.69, 9.17) is 14.2 Å². The van der Waals surface area contributed by atoms with E-state index in [1.807, 2.05) is 51.1 Å². The van der Waals surface area contributed by atoms with Gasteiger partial charge in [0.15, 0.2) is 11.5 Å². The van der Waals surface area contributed by atoms with Crippen molar-refractivity contribution in [1.29, 1.82) is 0 Å². The van der Waals surface area contributed by atoms with Crippen molar-refractivity contribution in [3.05, 3.63) is 77.9 Å². The number of hydrogen-bond acceptors (Lipinski definition) is 7. The third-order valence-electron chi connectivity index (χ3n) is 5.59. The number of amides is 2. The molecule has 1 atom stereocenters. The molecule has 0 spiro atoms. The van der Waals surface area contributed by atoms with Crippen molar-refractivity contribution in [1.82, 2.24) is 20.2 Å². The van der Waals surface area contributed by atoms with Gasteiger partial charge < -0.3 is 24.4 Å². The Morgan fingerprint density at radius 3 is 2.14 bits per heavy atom. The molecule has 0 bridgehead atoms. The molecule has 9 heteroatoms. The van der Waals surface area contributed by atoms with E-state index >= 15 is 0 Å². The zero-order valence-corrected chi connectivity index (χ0v) is 22.1. The molecule has 0 unspecified atom stereocenters. The van der Waals surface area contributed by atoms with Crippen LogP contribution in [0.1, 0.15) is 48.4 Å². The highest BCUT2D eigenvalue weighted by molar-refractivity contribution is 5.96. The molecule has 0 fully saturated rings. The number of carbonyl (C=O) groups is 2. The van der Waals surface area contributed by atoms with Crippen LogP contribution in [-0.4, -0.2) is 60.1 Å². The van der Waals surface area contributed by atoms with Gasteiger partial charge in [0, 0.05) is 24.5 Å². The number of aromatic nitrogens is 2. The molecule has 3 aromatic rings. The topological polar surface area (TPSA) is 103 Å². The quantitative estimate of drug-likeness (QED) is 0.446. The molecule has 1 N–H and O–H groups in total. The fourth-order valence-electron chi connectivity index (χ4n) is 3.97. The summed E-state index contributed by atoms with van der Waals surface area (Å²) < 4.78 is 16.6. The summed E-state index contributed by atoms with van der Waals surface area (Å²) >= 11 is 0. The van der Waals surface area contributed by atoms with E-state index < -0.39 is 17.5 Å². The van der Waals surface area contributed by atoms with E-state index in [0.717, 1.165) is 5.56 Å². The number of benzene rings is 2. The van der Waals surface area contributed by atoms with Gasteiger partial charge in [-0.1, -0.05) is 30.3 Å². The summed E-state index contributed by atoms with van der Waals surface area (Å²) in [4.78, 5) is 37.5. The second-order valence-corrected chi connectivity index (χ2v) is 9.43. The first kappa shape index (κ1) is 27.4. The SMILES string of the molecule is COc1cc([C@@H](C(=O)NC(C)(C)C)N(CCc2ccccc2)C(=O)c2cnccn2)cc(OC)c1OC. The molecule has 2 amide bonds. The van der Waals surface area contributed by atoms with E-state index in [1.165, 1.54) is 44.8 Å². The van der Waals surface area contributed by atoms with E-state index in [-0.39, 0.29) is 18.1 Å². The number of carbonyl (C=O) groups excluding carboxylic acids is 2. The van der Waals surface area contributed by atoms with Crippen LogP contribution in [0.5, 0.6) is 17.2 Å². The molecule has 1 aromatic heterocycles. The molecule has 37 heavy (non-hydrogen) atoms. The van der Waals surface area contributed by atoms with Crippen LogP contribution in [0.2, 0.25) is 0 Å². The smallest absolute Gasteiger partial charge is 0.275 e.